The van der Waals surface area contributed by atoms with Gasteiger partial charge in [0.1, 0.15) is 9.76 Å². The van der Waals surface area contributed by atoms with Crippen LogP contribution in [-0.4, -0.2) is 22.4 Å². The first kappa shape index (κ1) is 14.5. The van der Waals surface area contributed by atoms with Crippen LogP contribution < -0.4 is 4.90 Å². The van der Waals surface area contributed by atoms with Gasteiger partial charge in [-0.2, -0.15) is 0 Å². The van der Waals surface area contributed by atoms with Crippen molar-refractivity contribution in [1.82, 2.24) is 9.97 Å². The Labute approximate surface area is 136 Å². The van der Waals surface area contributed by atoms with E-state index in [1.54, 1.807) is 23.4 Å². The largest absolute Gasteiger partial charge is 0.311 e. The highest BCUT2D eigenvalue weighted by Gasteiger charge is 2.32. The number of halogens is 2. The number of nitrogens with zero attached hydrogens (tertiary/aromatic N) is 3. The maximum Gasteiger partial charge on any atom is 0.230 e. The zero-order valence-corrected chi connectivity index (χ0v) is 13.5. The molecule has 0 aromatic carbocycles. The van der Waals surface area contributed by atoms with E-state index >= 15 is 0 Å². The first-order chi connectivity index (χ1) is 10.1. The lowest BCUT2D eigenvalue weighted by Crippen LogP contribution is -2.27. The summed E-state index contributed by atoms with van der Waals surface area (Å²) >= 11 is 9.07. The van der Waals surface area contributed by atoms with Crippen molar-refractivity contribution in [2.24, 2.45) is 5.92 Å². The fourth-order valence-corrected chi connectivity index (χ4v) is 2.87. The van der Waals surface area contributed by atoms with Crippen LogP contribution >= 0.6 is 27.5 Å². The number of amides is 1. The van der Waals surface area contributed by atoms with Crippen LogP contribution in [0.25, 0.3) is 0 Å². The minimum atomic E-state index is -0.00313. The van der Waals surface area contributed by atoms with Crippen molar-refractivity contribution >= 4 is 39.1 Å². The molecule has 0 saturated carbocycles. The van der Waals surface area contributed by atoms with Gasteiger partial charge in [0.25, 0.3) is 0 Å². The molecule has 2 aromatic heterocycles. The molecule has 1 atom stereocenters. The van der Waals surface area contributed by atoms with E-state index in [-0.39, 0.29) is 11.8 Å². The third kappa shape index (κ3) is 3.24. The Balaban J connectivity index is 1.71. The lowest BCUT2D eigenvalue weighted by atomic mass is 9.99. The van der Waals surface area contributed by atoms with Gasteiger partial charge in [0.2, 0.25) is 5.91 Å². The molecule has 0 aliphatic carbocycles. The van der Waals surface area contributed by atoms with Crippen molar-refractivity contribution in [3.63, 3.8) is 0 Å². The van der Waals surface area contributed by atoms with Crippen LogP contribution in [0.5, 0.6) is 0 Å². The molecule has 0 spiro atoms. The van der Waals surface area contributed by atoms with Crippen LogP contribution in [0.1, 0.15) is 12.0 Å². The zero-order chi connectivity index (χ0) is 14.8. The minimum Gasteiger partial charge on any atom is -0.311 e. The summed E-state index contributed by atoms with van der Waals surface area (Å²) in [7, 11) is 0. The van der Waals surface area contributed by atoms with E-state index in [2.05, 4.69) is 25.9 Å². The van der Waals surface area contributed by atoms with Gasteiger partial charge in [0, 0.05) is 18.7 Å². The average molecular weight is 367 g/mol. The second-order valence-corrected chi connectivity index (χ2v) is 6.21. The SMILES string of the molecule is O=C1C(Cc2ccc(Cl)nc2)CCN1c1ccc(Br)nc1. The summed E-state index contributed by atoms with van der Waals surface area (Å²) in [5, 5.41) is 0.471. The molecule has 1 aliphatic heterocycles. The molecule has 2 aromatic rings. The Kier molecular flexibility index (Phi) is 4.22. The van der Waals surface area contributed by atoms with Crippen LogP contribution in [-0.2, 0) is 11.2 Å². The molecule has 1 fully saturated rings. The van der Waals surface area contributed by atoms with Gasteiger partial charge in [-0.25, -0.2) is 9.97 Å². The molecular weight excluding hydrogens is 354 g/mol. The van der Waals surface area contributed by atoms with Crippen molar-refractivity contribution in [2.45, 2.75) is 12.8 Å². The molecule has 4 nitrogen and oxygen atoms in total. The van der Waals surface area contributed by atoms with Crippen molar-refractivity contribution < 1.29 is 4.79 Å². The Morgan fingerprint density at radius 3 is 2.76 bits per heavy atom. The highest BCUT2D eigenvalue weighted by Crippen LogP contribution is 2.27. The van der Waals surface area contributed by atoms with Crippen molar-refractivity contribution in [1.29, 1.82) is 0 Å². The topological polar surface area (TPSA) is 46.1 Å². The monoisotopic (exact) mass is 365 g/mol. The number of pyridine rings is 2. The predicted octanol–water partition coefficient (Wildman–Crippen LogP) is 3.49. The fraction of sp³-hybridized carbons (Fsp3) is 0.267. The third-order valence-corrected chi connectivity index (χ3v) is 4.30. The maximum absolute atomic E-state index is 12.5. The van der Waals surface area contributed by atoms with E-state index in [1.165, 1.54) is 0 Å². The molecule has 1 saturated heterocycles. The van der Waals surface area contributed by atoms with Crippen LogP contribution in [0.4, 0.5) is 5.69 Å². The Morgan fingerprint density at radius 2 is 2.10 bits per heavy atom. The molecule has 1 aliphatic rings. The highest BCUT2D eigenvalue weighted by atomic mass is 79.9. The number of anilines is 1. The summed E-state index contributed by atoms with van der Waals surface area (Å²) in [5.74, 6) is 0.144. The lowest BCUT2D eigenvalue weighted by Gasteiger charge is -2.16. The minimum absolute atomic E-state index is 0.00313. The summed E-state index contributed by atoms with van der Waals surface area (Å²) in [4.78, 5) is 22.5. The molecule has 0 radical (unpaired) electrons. The van der Waals surface area contributed by atoms with E-state index in [4.69, 9.17) is 11.6 Å². The second-order valence-electron chi connectivity index (χ2n) is 5.01. The van der Waals surface area contributed by atoms with Crippen LogP contribution in [0.2, 0.25) is 5.15 Å². The second kappa shape index (κ2) is 6.12. The summed E-state index contributed by atoms with van der Waals surface area (Å²) in [6.45, 7) is 0.730. The Bertz CT molecular complexity index is 645. The third-order valence-electron chi connectivity index (χ3n) is 3.61. The zero-order valence-electron chi connectivity index (χ0n) is 11.2. The van der Waals surface area contributed by atoms with E-state index in [1.807, 2.05) is 18.2 Å². The van der Waals surface area contributed by atoms with E-state index < -0.39 is 0 Å². The number of rotatable bonds is 3. The molecule has 108 valence electrons. The number of carbonyl (C=O) groups excluding carboxylic acids is 1. The first-order valence-electron chi connectivity index (χ1n) is 6.67. The summed E-state index contributed by atoms with van der Waals surface area (Å²) in [6.07, 6.45) is 4.99. The van der Waals surface area contributed by atoms with Crippen LogP contribution in [0.15, 0.2) is 41.3 Å². The van der Waals surface area contributed by atoms with E-state index in [0.29, 0.717) is 11.6 Å². The normalized spacial score (nSPS) is 18.3. The standard InChI is InChI=1S/C15H13BrClN3O/c16-13-3-2-12(9-18-13)20-6-5-11(15(20)21)7-10-1-4-14(17)19-8-10/h1-4,8-9,11H,5-7H2. The summed E-state index contributed by atoms with van der Waals surface area (Å²) in [6, 6.07) is 7.43. The molecule has 1 amide bonds. The number of aromatic nitrogens is 2. The van der Waals surface area contributed by atoms with Gasteiger partial charge >= 0.3 is 0 Å². The molecule has 3 heterocycles. The molecule has 6 heteroatoms. The van der Waals surface area contributed by atoms with Gasteiger partial charge in [-0.1, -0.05) is 17.7 Å². The molecule has 21 heavy (non-hydrogen) atoms. The average Bonchev–Trinajstić information content (AvgIpc) is 2.84. The van der Waals surface area contributed by atoms with Gasteiger partial charge < -0.3 is 4.90 Å². The fourth-order valence-electron chi connectivity index (χ4n) is 2.52. The molecule has 0 N–H and O–H groups in total. The van der Waals surface area contributed by atoms with Gasteiger partial charge in [-0.05, 0) is 52.5 Å². The van der Waals surface area contributed by atoms with Crippen LogP contribution in [0, 0.1) is 5.92 Å². The van der Waals surface area contributed by atoms with E-state index in [9.17, 15) is 4.79 Å². The van der Waals surface area contributed by atoms with Crippen molar-refractivity contribution in [3.8, 4) is 0 Å². The number of hydrogen-bond acceptors (Lipinski definition) is 3. The Hall–Kier alpha value is -1.46. The highest BCUT2D eigenvalue weighted by molar-refractivity contribution is 9.10. The predicted molar refractivity (Wildman–Crippen MR) is 85.3 cm³/mol. The van der Waals surface area contributed by atoms with Crippen molar-refractivity contribution in [3.05, 3.63) is 52.0 Å². The van der Waals surface area contributed by atoms with E-state index in [0.717, 1.165) is 28.8 Å². The van der Waals surface area contributed by atoms with Crippen LogP contribution in [0.3, 0.4) is 0 Å². The molecule has 1 unspecified atom stereocenters. The number of hydrogen-bond donors (Lipinski definition) is 0. The molecule has 3 rings (SSSR count). The van der Waals surface area contributed by atoms with Gasteiger partial charge in [-0.3, -0.25) is 4.79 Å². The smallest absolute Gasteiger partial charge is 0.230 e. The van der Waals surface area contributed by atoms with Crippen molar-refractivity contribution in [2.75, 3.05) is 11.4 Å². The Morgan fingerprint density at radius 1 is 1.24 bits per heavy atom. The van der Waals surface area contributed by atoms with Gasteiger partial charge in [-0.15, -0.1) is 0 Å². The lowest BCUT2D eigenvalue weighted by molar-refractivity contribution is -0.120. The molecular formula is C15H13BrClN3O. The maximum atomic E-state index is 12.5. The van der Waals surface area contributed by atoms with Gasteiger partial charge in [0.15, 0.2) is 0 Å². The summed E-state index contributed by atoms with van der Waals surface area (Å²) < 4.78 is 0.765. The van der Waals surface area contributed by atoms with Gasteiger partial charge in [0.05, 0.1) is 11.9 Å². The first-order valence-corrected chi connectivity index (χ1v) is 7.84. The molecule has 0 bridgehead atoms. The number of carbonyl (C=O) groups is 1. The summed E-state index contributed by atoms with van der Waals surface area (Å²) in [5.41, 5.74) is 1.88. The quantitative estimate of drug-likeness (QED) is 0.781.